The van der Waals surface area contributed by atoms with Crippen molar-refractivity contribution in [3.63, 3.8) is 0 Å². The van der Waals surface area contributed by atoms with Crippen molar-refractivity contribution in [2.75, 3.05) is 7.11 Å². The van der Waals surface area contributed by atoms with Crippen molar-refractivity contribution in [3.8, 4) is 23.0 Å². The maximum absolute atomic E-state index is 12.3. The number of hydrogen-bond acceptors (Lipinski definition) is 5. The summed E-state index contributed by atoms with van der Waals surface area (Å²) < 4.78 is 51.1. The second-order valence-electron chi connectivity index (χ2n) is 4.58. The number of benzene rings is 1. The molecule has 0 aliphatic rings. The van der Waals surface area contributed by atoms with Gasteiger partial charge in [0.2, 0.25) is 0 Å². The lowest BCUT2D eigenvalue weighted by Crippen LogP contribution is -2.17. The maximum Gasteiger partial charge on any atom is 0.573 e. The number of rotatable bonds is 6. The molecule has 9 heteroatoms. The molecule has 0 saturated heterocycles. The van der Waals surface area contributed by atoms with Gasteiger partial charge in [0.25, 0.3) is 0 Å². The average molecular weight is 355 g/mol. The number of aromatic carboxylic acids is 1. The van der Waals surface area contributed by atoms with Crippen LogP contribution in [0.5, 0.6) is 23.0 Å². The van der Waals surface area contributed by atoms with E-state index in [4.69, 9.17) is 9.47 Å². The summed E-state index contributed by atoms with van der Waals surface area (Å²) in [6.07, 6.45) is -2.38. The zero-order chi connectivity index (χ0) is 18.6. The van der Waals surface area contributed by atoms with Gasteiger partial charge in [0, 0.05) is 18.3 Å². The van der Waals surface area contributed by atoms with E-state index in [1.165, 1.54) is 25.3 Å². The minimum atomic E-state index is -4.85. The number of carbonyl (C=O) groups is 1. The Labute approximate surface area is 140 Å². The molecule has 6 nitrogen and oxygen atoms in total. The van der Waals surface area contributed by atoms with Gasteiger partial charge in [-0.25, -0.2) is 4.79 Å². The summed E-state index contributed by atoms with van der Waals surface area (Å²) in [5.41, 5.74) is 0.124. The Bertz CT molecular complexity index is 805. The second kappa shape index (κ2) is 7.12. The number of aromatic nitrogens is 1. The molecule has 1 heterocycles. The van der Waals surface area contributed by atoms with Crippen LogP contribution in [0, 0.1) is 0 Å². The summed E-state index contributed by atoms with van der Waals surface area (Å²) in [6, 6.07) is 4.48. The molecule has 0 fully saturated rings. The Morgan fingerprint density at radius 2 is 1.96 bits per heavy atom. The third kappa shape index (κ3) is 4.63. The minimum Gasteiger partial charge on any atom is -0.493 e. The number of carboxylic acids is 1. The number of halogens is 3. The fourth-order valence-corrected chi connectivity index (χ4v) is 1.86. The molecule has 1 aromatic heterocycles. The molecule has 0 atom stereocenters. The lowest BCUT2D eigenvalue weighted by atomic mass is 10.2. The van der Waals surface area contributed by atoms with Crippen LogP contribution in [0.4, 0.5) is 13.2 Å². The first-order valence-electron chi connectivity index (χ1n) is 6.71. The summed E-state index contributed by atoms with van der Waals surface area (Å²) in [6.45, 7) is 3.52. The van der Waals surface area contributed by atoms with E-state index >= 15 is 0 Å². The number of hydrogen-bond donors (Lipinski definition) is 1. The summed E-state index contributed by atoms with van der Waals surface area (Å²) >= 11 is 0. The predicted molar refractivity (Wildman–Crippen MR) is 81.0 cm³/mol. The van der Waals surface area contributed by atoms with Crippen molar-refractivity contribution in [1.82, 2.24) is 4.98 Å². The van der Waals surface area contributed by atoms with Crippen LogP contribution in [0.2, 0.25) is 0 Å². The van der Waals surface area contributed by atoms with Crippen LogP contribution in [0.25, 0.3) is 6.08 Å². The van der Waals surface area contributed by atoms with E-state index in [2.05, 4.69) is 16.3 Å². The second-order valence-corrected chi connectivity index (χ2v) is 4.58. The first-order chi connectivity index (χ1) is 11.7. The highest BCUT2D eigenvalue weighted by Crippen LogP contribution is 2.37. The van der Waals surface area contributed by atoms with Crippen molar-refractivity contribution < 1.29 is 37.3 Å². The van der Waals surface area contributed by atoms with Crippen LogP contribution in [-0.2, 0) is 0 Å². The predicted octanol–water partition coefficient (Wildman–Crippen LogP) is 4.12. The lowest BCUT2D eigenvalue weighted by Gasteiger charge is -2.14. The number of ether oxygens (including phenoxy) is 3. The number of pyridine rings is 1. The largest absolute Gasteiger partial charge is 0.573 e. The van der Waals surface area contributed by atoms with E-state index in [1.54, 1.807) is 0 Å². The highest BCUT2D eigenvalue weighted by atomic mass is 19.4. The molecule has 2 aromatic rings. The third-order valence-electron chi connectivity index (χ3n) is 2.92. The number of carboxylic acid groups (broad SMARTS) is 1. The highest BCUT2D eigenvalue weighted by molar-refractivity contribution is 5.90. The summed E-state index contributed by atoms with van der Waals surface area (Å²) in [7, 11) is 1.22. The molecule has 132 valence electrons. The number of nitrogens with zero attached hydrogens (tertiary/aromatic N) is 1. The van der Waals surface area contributed by atoms with Crippen molar-refractivity contribution in [2.24, 2.45) is 0 Å². The van der Waals surface area contributed by atoms with Crippen molar-refractivity contribution in [3.05, 3.63) is 48.3 Å². The molecular formula is C16H12F3NO5. The van der Waals surface area contributed by atoms with Gasteiger partial charge in [0.1, 0.15) is 17.1 Å². The zero-order valence-corrected chi connectivity index (χ0v) is 12.8. The van der Waals surface area contributed by atoms with Crippen LogP contribution in [-0.4, -0.2) is 29.5 Å². The Hall–Kier alpha value is -3.23. The molecule has 0 spiro atoms. The normalized spacial score (nSPS) is 10.9. The van der Waals surface area contributed by atoms with E-state index in [0.29, 0.717) is 5.69 Å². The summed E-state index contributed by atoms with van der Waals surface area (Å²) in [4.78, 5) is 15.1. The van der Waals surface area contributed by atoms with Crippen LogP contribution in [0.3, 0.4) is 0 Å². The molecule has 1 N–H and O–H groups in total. The van der Waals surface area contributed by atoms with Crippen LogP contribution in [0.1, 0.15) is 16.1 Å². The fraction of sp³-hybridized carbons (Fsp3) is 0.125. The Kier molecular flexibility index (Phi) is 5.16. The molecule has 25 heavy (non-hydrogen) atoms. The van der Waals surface area contributed by atoms with E-state index in [0.717, 1.165) is 18.3 Å². The van der Waals surface area contributed by atoms with Crippen molar-refractivity contribution in [2.45, 2.75) is 6.36 Å². The molecule has 0 amide bonds. The van der Waals surface area contributed by atoms with Gasteiger partial charge >= 0.3 is 12.3 Å². The van der Waals surface area contributed by atoms with E-state index in [9.17, 15) is 23.1 Å². The molecule has 0 bridgehead atoms. The van der Waals surface area contributed by atoms with Gasteiger partial charge in [-0.1, -0.05) is 6.58 Å². The average Bonchev–Trinajstić information content (AvgIpc) is 2.54. The van der Waals surface area contributed by atoms with Gasteiger partial charge in [-0.15, -0.1) is 13.2 Å². The standard InChI is InChI=1S/C16H12F3NO5/c1-3-9-6-13(11(8-20-9)15(21)22)24-12-5-4-10(7-14(12)23-2)25-16(17,18)19/h3-8H,1H2,2H3,(H,21,22). The molecule has 0 saturated carbocycles. The van der Waals surface area contributed by atoms with Crippen molar-refractivity contribution in [1.29, 1.82) is 0 Å². The van der Waals surface area contributed by atoms with Gasteiger partial charge in [0.05, 0.1) is 12.8 Å². The first kappa shape index (κ1) is 18.1. The zero-order valence-electron chi connectivity index (χ0n) is 12.8. The Morgan fingerprint density at radius 1 is 1.24 bits per heavy atom. The van der Waals surface area contributed by atoms with Crippen LogP contribution < -0.4 is 14.2 Å². The molecule has 0 aliphatic carbocycles. The minimum absolute atomic E-state index is 0.000682. The summed E-state index contributed by atoms with van der Waals surface area (Å²) in [5, 5.41) is 9.18. The molecule has 0 aliphatic heterocycles. The van der Waals surface area contributed by atoms with Gasteiger partial charge in [0.15, 0.2) is 11.5 Å². The monoisotopic (exact) mass is 355 g/mol. The summed E-state index contributed by atoms with van der Waals surface area (Å²) in [5.74, 6) is -1.93. The number of alkyl halides is 3. The Morgan fingerprint density at radius 3 is 2.52 bits per heavy atom. The van der Waals surface area contributed by atoms with Gasteiger partial charge in [-0.05, 0) is 18.2 Å². The Balaban J connectivity index is 2.40. The third-order valence-corrected chi connectivity index (χ3v) is 2.92. The molecule has 0 unspecified atom stereocenters. The quantitative estimate of drug-likeness (QED) is 0.840. The molecule has 2 rings (SSSR count). The number of methoxy groups -OCH3 is 1. The van der Waals surface area contributed by atoms with Gasteiger partial charge in [-0.3, -0.25) is 4.98 Å². The van der Waals surface area contributed by atoms with Gasteiger partial charge in [-0.2, -0.15) is 0 Å². The SMILES string of the molecule is C=Cc1cc(Oc2ccc(OC(F)(F)F)cc2OC)c(C(=O)O)cn1. The van der Waals surface area contributed by atoms with E-state index in [-0.39, 0.29) is 22.8 Å². The van der Waals surface area contributed by atoms with E-state index in [1.807, 2.05) is 0 Å². The maximum atomic E-state index is 12.3. The molecule has 0 radical (unpaired) electrons. The van der Waals surface area contributed by atoms with Crippen LogP contribution >= 0.6 is 0 Å². The fourth-order valence-electron chi connectivity index (χ4n) is 1.86. The molecular weight excluding hydrogens is 343 g/mol. The molecule has 1 aromatic carbocycles. The highest BCUT2D eigenvalue weighted by Gasteiger charge is 2.31. The van der Waals surface area contributed by atoms with E-state index < -0.39 is 18.1 Å². The first-order valence-corrected chi connectivity index (χ1v) is 6.71. The van der Waals surface area contributed by atoms with Crippen LogP contribution in [0.15, 0.2) is 37.0 Å². The smallest absolute Gasteiger partial charge is 0.493 e. The van der Waals surface area contributed by atoms with Gasteiger partial charge < -0.3 is 19.3 Å². The lowest BCUT2D eigenvalue weighted by molar-refractivity contribution is -0.274. The topological polar surface area (TPSA) is 77.9 Å². The van der Waals surface area contributed by atoms with Crippen molar-refractivity contribution >= 4 is 12.0 Å².